The Balaban J connectivity index is 1.84. The van der Waals surface area contributed by atoms with Crippen molar-refractivity contribution in [1.82, 2.24) is 20.5 Å². The quantitative estimate of drug-likeness (QED) is 0.510. The van der Waals surface area contributed by atoms with Crippen LogP contribution in [0.4, 0.5) is 0 Å². The Labute approximate surface area is 166 Å². The van der Waals surface area contributed by atoms with Gasteiger partial charge in [0.2, 0.25) is 5.91 Å². The molecule has 7 nitrogen and oxygen atoms in total. The largest absolute Gasteiger partial charge is 0.497 e. The van der Waals surface area contributed by atoms with Crippen molar-refractivity contribution in [3.8, 4) is 5.75 Å². The van der Waals surface area contributed by atoms with Crippen LogP contribution in [-0.2, 0) is 17.8 Å². The van der Waals surface area contributed by atoms with E-state index in [1.54, 1.807) is 25.3 Å². The highest BCUT2D eigenvalue weighted by atomic mass is 16.5. The van der Waals surface area contributed by atoms with Gasteiger partial charge in [0.15, 0.2) is 5.96 Å². The third-order valence-corrected chi connectivity index (χ3v) is 4.16. The molecule has 28 heavy (non-hydrogen) atoms. The number of amides is 1. The summed E-state index contributed by atoms with van der Waals surface area (Å²) in [6.07, 6.45) is 2.49. The van der Waals surface area contributed by atoms with Crippen LogP contribution in [0.5, 0.6) is 5.75 Å². The highest BCUT2D eigenvalue weighted by molar-refractivity contribution is 5.86. The first-order valence-electron chi connectivity index (χ1n) is 9.41. The SMILES string of the molecule is CCNC(=NCc1cccc(OC)c1)NCC(=O)N(C)CCc1ccccn1. The summed E-state index contributed by atoms with van der Waals surface area (Å²) in [5.74, 6) is 1.41. The van der Waals surface area contributed by atoms with Gasteiger partial charge in [0.1, 0.15) is 5.75 Å². The van der Waals surface area contributed by atoms with E-state index in [-0.39, 0.29) is 12.5 Å². The summed E-state index contributed by atoms with van der Waals surface area (Å²) in [6, 6.07) is 13.6. The van der Waals surface area contributed by atoms with Crippen LogP contribution < -0.4 is 15.4 Å². The van der Waals surface area contributed by atoms with Gasteiger partial charge in [0, 0.05) is 38.4 Å². The second kappa shape index (κ2) is 11.6. The van der Waals surface area contributed by atoms with Gasteiger partial charge in [-0.15, -0.1) is 0 Å². The first kappa shape index (κ1) is 21.2. The van der Waals surface area contributed by atoms with Crippen molar-refractivity contribution in [3.05, 3.63) is 59.9 Å². The number of rotatable bonds is 9. The van der Waals surface area contributed by atoms with Crippen LogP contribution in [0.25, 0.3) is 0 Å². The monoisotopic (exact) mass is 383 g/mol. The molecule has 0 aliphatic heterocycles. The van der Waals surface area contributed by atoms with Gasteiger partial charge in [0.05, 0.1) is 20.2 Å². The number of hydrogen-bond donors (Lipinski definition) is 2. The number of carbonyl (C=O) groups excluding carboxylic acids is 1. The summed E-state index contributed by atoms with van der Waals surface area (Å²) in [5.41, 5.74) is 2.01. The van der Waals surface area contributed by atoms with E-state index in [1.165, 1.54) is 0 Å². The summed E-state index contributed by atoms with van der Waals surface area (Å²) >= 11 is 0. The molecule has 1 aromatic carbocycles. The molecule has 1 aromatic heterocycles. The summed E-state index contributed by atoms with van der Waals surface area (Å²) in [7, 11) is 3.44. The van der Waals surface area contributed by atoms with Crippen LogP contribution in [0.2, 0.25) is 0 Å². The molecule has 1 amide bonds. The molecule has 0 saturated heterocycles. The third-order valence-electron chi connectivity index (χ3n) is 4.16. The highest BCUT2D eigenvalue weighted by Gasteiger charge is 2.10. The zero-order valence-electron chi connectivity index (χ0n) is 16.8. The van der Waals surface area contributed by atoms with E-state index in [0.717, 1.165) is 23.4 Å². The average Bonchev–Trinajstić information content (AvgIpc) is 2.74. The minimum atomic E-state index is 0.00270. The lowest BCUT2D eigenvalue weighted by molar-refractivity contribution is -0.128. The molecule has 2 rings (SSSR count). The Morgan fingerprint density at radius 3 is 2.79 bits per heavy atom. The standard InChI is InChI=1S/C21H29N5O2/c1-4-22-21(24-15-17-8-7-10-19(14-17)28-3)25-16-20(27)26(2)13-11-18-9-5-6-12-23-18/h5-10,12,14H,4,11,13,15-16H2,1-3H3,(H2,22,24,25). The van der Waals surface area contributed by atoms with Crippen LogP contribution in [-0.4, -0.2) is 55.5 Å². The lowest BCUT2D eigenvalue weighted by Gasteiger charge is -2.18. The molecule has 0 fully saturated rings. The molecule has 0 spiro atoms. The molecule has 150 valence electrons. The molecule has 0 aliphatic rings. The minimum absolute atomic E-state index is 0.00270. The van der Waals surface area contributed by atoms with Crippen molar-refractivity contribution < 1.29 is 9.53 Å². The molecule has 0 saturated carbocycles. The molecule has 0 unspecified atom stereocenters. The van der Waals surface area contributed by atoms with Gasteiger partial charge in [-0.05, 0) is 36.8 Å². The number of carbonyl (C=O) groups is 1. The van der Waals surface area contributed by atoms with Crippen LogP contribution in [0, 0.1) is 0 Å². The molecular weight excluding hydrogens is 354 g/mol. The number of nitrogens with one attached hydrogen (secondary N) is 2. The predicted octanol–water partition coefficient (Wildman–Crippen LogP) is 1.85. The maximum absolute atomic E-state index is 12.4. The number of hydrogen-bond acceptors (Lipinski definition) is 4. The molecule has 0 aliphatic carbocycles. The lowest BCUT2D eigenvalue weighted by Crippen LogP contribution is -2.44. The van der Waals surface area contributed by atoms with Gasteiger partial charge in [0.25, 0.3) is 0 Å². The summed E-state index contributed by atoms with van der Waals surface area (Å²) in [4.78, 5) is 22.9. The minimum Gasteiger partial charge on any atom is -0.497 e. The normalized spacial score (nSPS) is 11.0. The van der Waals surface area contributed by atoms with Crippen molar-refractivity contribution in [3.63, 3.8) is 0 Å². The van der Waals surface area contributed by atoms with Gasteiger partial charge in [-0.25, -0.2) is 4.99 Å². The zero-order valence-corrected chi connectivity index (χ0v) is 16.8. The first-order valence-corrected chi connectivity index (χ1v) is 9.41. The van der Waals surface area contributed by atoms with Gasteiger partial charge >= 0.3 is 0 Å². The first-order chi connectivity index (χ1) is 13.6. The number of ether oxygens (including phenoxy) is 1. The zero-order chi connectivity index (χ0) is 20.2. The number of nitrogens with zero attached hydrogens (tertiary/aromatic N) is 3. The van der Waals surface area contributed by atoms with E-state index in [2.05, 4.69) is 20.6 Å². The number of aliphatic imine (C=N–C) groups is 1. The highest BCUT2D eigenvalue weighted by Crippen LogP contribution is 2.13. The maximum Gasteiger partial charge on any atom is 0.241 e. The number of benzene rings is 1. The van der Waals surface area contributed by atoms with Gasteiger partial charge < -0.3 is 20.3 Å². The number of aromatic nitrogens is 1. The summed E-state index contributed by atoms with van der Waals surface area (Å²) < 4.78 is 5.24. The van der Waals surface area contributed by atoms with Crippen LogP contribution in [0.3, 0.4) is 0 Å². The molecular formula is C21H29N5O2. The fourth-order valence-corrected chi connectivity index (χ4v) is 2.53. The molecule has 0 atom stereocenters. The maximum atomic E-state index is 12.4. The van der Waals surface area contributed by atoms with Crippen molar-refractivity contribution in [2.75, 3.05) is 33.8 Å². The molecule has 7 heteroatoms. The van der Waals surface area contributed by atoms with E-state index in [1.807, 2.05) is 49.4 Å². The average molecular weight is 383 g/mol. The summed E-state index contributed by atoms with van der Waals surface area (Å²) in [5, 5.41) is 6.26. The van der Waals surface area contributed by atoms with Gasteiger partial charge in [-0.3, -0.25) is 9.78 Å². The van der Waals surface area contributed by atoms with E-state index < -0.39 is 0 Å². The fourth-order valence-electron chi connectivity index (χ4n) is 2.53. The van der Waals surface area contributed by atoms with E-state index in [0.29, 0.717) is 25.6 Å². The van der Waals surface area contributed by atoms with Gasteiger partial charge in [-0.2, -0.15) is 0 Å². The second-order valence-electron chi connectivity index (χ2n) is 6.29. The van der Waals surface area contributed by atoms with Crippen molar-refractivity contribution in [1.29, 1.82) is 0 Å². The second-order valence-corrected chi connectivity index (χ2v) is 6.29. The Morgan fingerprint density at radius 1 is 1.21 bits per heavy atom. The van der Waals surface area contributed by atoms with E-state index in [4.69, 9.17) is 4.74 Å². The number of guanidine groups is 1. The van der Waals surface area contributed by atoms with Crippen molar-refractivity contribution in [2.45, 2.75) is 19.9 Å². The number of likely N-dealkylation sites (N-methyl/N-ethyl adjacent to an activating group) is 1. The predicted molar refractivity (Wildman–Crippen MR) is 111 cm³/mol. The Kier molecular flexibility index (Phi) is 8.78. The topological polar surface area (TPSA) is 78.9 Å². The molecule has 0 bridgehead atoms. The van der Waals surface area contributed by atoms with Crippen LogP contribution in [0.1, 0.15) is 18.2 Å². The Morgan fingerprint density at radius 2 is 2.07 bits per heavy atom. The van der Waals surface area contributed by atoms with E-state index >= 15 is 0 Å². The Bertz CT molecular complexity index is 764. The lowest BCUT2D eigenvalue weighted by atomic mass is 10.2. The van der Waals surface area contributed by atoms with E-state index in [9.17, 15) is 4.79 Å². The summed E-state index contributed by atoms with van der Waals surface area (Å²) in [6.45, 7) is 4.01. The van der Waals surface area contributed by atoms with Crippen molar-refractivity contribution in [2.24, 2.45) is 4.99 Å². The smallest absolute Gasteiger partial charge is 0.241 e. The Hall–Kier alpha value is -3.09. The number of pyridine rings is 1. The molecule has 1 heterocycles. The van der Waals surface area contributed by atoms with Crippen LogP contribution >= 0.6 is 0 Å². The fraction of sp³-hybridized carbons (Fsp3) is 0.381. The third kappa shape index (κ3) is 7.26. The molecule has 2 N–H and O–H groups in total. The van der Waals surface area contributed by atoms with Gasteiger partial charge in [-0.1, -0.05) is 18.2 Å². The van der Waals surface area contributed by atoms with Crippen molar-refractivity contribution >= 4 is 11.9 Å². The number of methoxy groups -OCH3 is 1. The molecule has 0 radical (unpaired) electrons. The molecule has 2 aromatic rings. The van der Waals surface area contributed by atoms with Crippen LogP contribution in [0.15, 0.2) is 53.7 Å².